The van der Waals surface area contributed by atoms with Crippen LogP contribution in [0.3, 0.4) is 0 Å². The van der Waals surface area contributed by atoms with E-state index in [4.69, 9.17) is 4.74 Å². The van der Waals surface area contributed by atoms with Gasteiger partial charge in [-0.3, -0.25) is 9.59 Å². The van der Waals surface area contributed by atoms with E-state index in [0.717, 1.165) is 18.6 Å². The minimum atomic E-state index is -0.222. The van der Waals surface area contributed by atoms with E-state index in [0.29, 0.717) is 13.0 Å². The summed E-state index contributed by atoms with van der Waals surface area (Å²) in [6.07, 6.45) is 2.26. The Morgan fingerprint density at radius 3 is 2.38 bits per heavy atom. The molecule has 144 valence electrons. The third-order valence-corrected chi connectivity index (χ3v) is 4.70. The first-order valence-corrected chi connectivity index (χ1v) is 9.61. The van der Waals surface area contributed by atoms with Crippen LogP contribution in [0.4, 0.5) is 0 Å². The molecule has 1 saturated heterocycles. The van der Waals surface area contributed by atoms with E-state index < -0.39 is 0 Å². The maximum Gasteiger partial charge on any atom is 0.225 e. The van der Waals surface area contributed by atoms with Gasteiger partial charge < -0.3 is 15.0 Å². The Kier molecular flexibility index (Phi) is 7.06. The molecule has 2 atom stereocenters. The van der Waals surface area contributed by atoms with E-state index in [-0.39, 0.29) is 35.9 Å². The Morgan fingerprint density at radius 2 is 1.85 bits per heavy atom. The second-order valence-corrected chi connectivity index (χ2v) is 7.80. The van der Waals surface area contributed by atoms with Crippen molar-refractivity contribution >= 4 is 11.8 Å². The van der Waals surface area contributed by atoms with E-state index in [1.807, 2.05) is 46.8 Å². The largest absolute Gasteiger partial charge is 0.491 e. The maximum atomic E-state index is 12.4. The number of amides is 2. The highest BCUT2D eigenvalue weighted by Gasteiger charge is 2.35. The number of ether oxygens (including phenoxy) is 1. The second-order valence-electron chi connectivity index (χ2n) is 7.80. The molecule has 2 amide bonds. The summed E-state index contributed by atoms with van der Waals surface area (Å²) in [5.41, 5.74) is 1.23. The Hall–Kier alpha value is -2.04. The van der Waals surface area contributed by atoms with Gasteiger partial charge in [0.05, 0.1) is 12.0 Å². The van der Waals surface area contributed by atoms with Gasteiger partial charge in [0.15, 0.2) is 0 Å². The molecule has 0 spiro atoms. The standard InChI is InChI=1S/C21H32N2O3/c1-14(2)23-13-18(12-20(23)24)21(25)22-16(5)6-7-17-8-10-19(11-9-17)26-15(3)4/h8-11,14-16,18H,6-7,12-13H2,1-5H3,(H,22,25)/t16-,18+/m0/s1. The van der Waals surface area contributed by atoms with Gasteiger partial charge in [0.2, 0.25) is 11.8 Å². The summed E-state index contributed by atoms with van der Waals surface area (Å²) >= 11 is 0. The Bertz CT molecular complexity index is 610. The van der Waals surface area contributed by atoms with E-state index in [1.165, 1.54) is 5.56 Å². The summed E-state index contributed by atoms with van der Waals surface area (Å²) in [7, 11) is 0. The van der Waals surface area contributed by atoms with Crippen LogP contribution in [0, 0.1) is 5.92 Å². The molecule has 2 rings (SSSR count). The number of nitrogens with one attached hydrogen (secondary N) is 1. The normalized spacial score (nSPS) is 18.5. The zero-order valence-corrected chi connectivity index (χ0v) is 16.6. The highest BCUT2D eigenvalue weighted by atomic mass is 16.5. The number of carbonyl (C=O) groups is 2. The minimum absolute atomic E-state index is 0.00492. The maximum absolute atomic E-state index is 12.4. The van der Waals surface area contributed by atoms with Gasteiger partial charge >= 0.3 is 0 Å². The molecule has 0 aliphatic carbocycles. The van der Waals surface area contributed by atoms with E-state index in [2.05, 4.69) is 17.4 Å². The van der Waals surface area contributed by atoms with Gasteiger partial charge in [0, 0.05) is 25.0 Å². The predicted molar refractivity (Wildman–Crippen MR) is 103 cm³/mol. The van der Waals surface area contributed by atoms with Crippen molar-refractivity contribution in [1.82, 2.24) is 10.2 Å². The molecule has 0 saturated carbocycles. The molecule has 1 heterocycles. The van der Waals surface area contributed by atoms with Crippen LogP contribution in [0.25, 0.3) is 0 Å². The summed E-state index contributed by atoms with van der Waals surface area (Å²) in [4.78, 5) is 26.2. The van der Waals surface area contributed by atoms with Crippen molar-refractivity contribution in [1.29, 1.82) is 0 Å². The fourth-order valence-electron chi connectivity index (χ4n) is 3.23. The van der Waals surface area contributed by atoms with Gasteiger partial charge in [0.25, 0.3) is 0 Å². The summed E-state index contributed by atoms with van der Waals surface area (Å²) in [6.45, 7) is 10.5. The number of hydrogen-bond donors (Lipinski definition) is 1. The summed E-state index contributed by atoms with van der Waals surface area (Å²) in [5, 5.41) is 3.07. The Labute approximate surface area is 157 Å². The molecule has 0 unspecified atom stereocenters. The van der Waals surface area contributed by atoms with Gasteiger partial charge in [0.1, 0.15) is 5.75 Å². The van der Waals surface area contributed by atoms with Crippen molar-refractivity contribution in [3.05, 3.63) is 29.8 Å². The van der Waals surface area contributed by atoms with Crippen molar-refractivity contribution in [2.24, 2.45) is 5.92 Å². The fourth-order valence-corrected chi connectivity index (χ4v) is 3.23. The third-order valence-electron chi connectivity index (χ3n) is 4.70. The van der Waals surface area contributed by atoms with Crippen molar-refractivity contribution in [3.63, 3.8) is 0 Å². The molecule has 1 aliphatic rings. The van der Waals surface area contributed by atoms with Crippen LogP contribution in [0.5, 0.6) is 5.75 Å². The molecular formula is C21H32N2O3. The lowest BCUT2D eigenvalue weighted by Crippen LogP contribution is -2.39. The molecule has 1 aliphatic heterocycles. The number of likely N-dealkylation sites (tertiary alicyclic amines) is 1. The SMILES string of the molecule is CC(C)Oc1ccc(CC[C@H](C)NC(=O)[C@@H]2CC(=O)N(C(C)C)C2)cc1. The predicted octanol–water partition coefficient (Wildman–Crippen LogP) is 3.17. The van der Waals surface area contributed by atoms with Crippen molar-refractivity contribution < 1.29 is 14.3 Å². The van der Waals surface area contributed by atoms with Crippen LogP contribution in [0.2, 0.25) is 0 Å². The van der Waals surface area contributed by atoms with Crippen LogP contribution in [-0.2, 0) is 16.0 Å². The fraction of sp³-hybridized carbons (Fsp3) is 0.619. The average Bonchev–Trinajstić information content (AvgIpc) is 2.96. The van der Waals surface area contributed by atoms with Gasteiger partial charge in [-0.05, 0) is 65.2 Å². The lowest BCUT2D eigenvalue weighted by Gasteiger charge is -2.21. The van der Waals surface area contributed by atoms with Gasteiger partial charge in [-0.25, -0.2) is 0 Å². The lowest BCUT2D eigenvalue weighted by molar-refractivity contribution is -0.130. The number of carbonyl (C=O) groups excluding carboxylic acids is 2. The lowest BCUT2D eigenvalue weighted by atomic mass is 10.0. The number of nitrogens with zero attached hydrogens (tertiary/aromatic N) is 1. The smallest absolute Gasteiger partial charge is 0.225 e. The summed E-state index contributed by atoms with van der Waals surface area (Å²) in [5.74, 6) is 0.733. The topological polar surface area (TPSA) is 58.6 Å². The number of aryl methyl sites for hydroxylation is 1. The summed E-state index contributed by atoms with van der Waals surface area (Å²) < 4.78 is 5.65. The zero-order chi connectivity index (χ0) is 19.3. The molecule has 1 aromatic carbocycles. The first-order valence-electron chi connectivity index (χ1n) is 9.61. The average molecular weight is 360 g/mol. The molecule has 0 bridgehead atoms. The van der Waals surface area contributed by atoms with Crippen LogP contribution < -0.4 is 10.1 Å². The molecule has 1 N–H and O–H groups in total. The molecule has 26 heavy (non-hydrogen) atoms. The molecule has 0 radical (unpaired) electrons. The van der Waals surface area contributed by atoms with Crippen LogP contribution in [-0.4, -0.2) is 41.4 Å². The number of hydrogen-bond acceptors (Lipinski definition) is 3. The molecular weight excluding hydrogens is 328 g/mol. The first-order chi connectivity index (χ1) is 12.3. The van der Waals surface area contributed by atoms with Gasteiger partial charge in [-0.15, -0.1) is 0 Å². The molecule has 0 aromatic heterocycles. The van der Waals surface area contributed by atoms with Crippen LogP contribution in [0.15, 0.2) is 24.3 Å². The third kappa shape index (κ3) is 5.75. The van der Waals surface area contributed by atoms with Gasteiger partial charge in [-0.1, -0.05) is 12.1 Å². The quantitative estimate of drug-likeness (QED) is 0.775. The Balaban J connectivity index is 1.77. The van der Waals surface area contributed by atoms with E-state index in [9.17, 15) is 9.59 Å². The van der Waals surface area contributed by atoms with Crippen LogP contribution in [0.1, 0.15) is 53.0 Å². The van der Waals surface area contributed by atoms with Gasteiger partial charge in [-0.2, -0.15) is 0 Å². The molecule has 1 aromatic rings. The van der Waals surface area contributed by atoms with Crippen molar-refractivity contribution in [2.45, 2.75) is 72.1 Å². The first kappa shape index (κ1) is 20.3. The van der Waals surface area contributed by atoms with Crippen LogP contribution >= 0.6 is 0 Å². The van der Waals surface area contributed by atoms with E-state index >= 15 is 0 Å². The monoisotopic (exact) mass is 360 g/mol. The highest BCUT2D eigenvalue weighted by Crippen LogP contribution is 2.21. The summed E-state index contributed by atoms with van der Waals surface area (Å²) in [6, 6.07) is 8.36. The number of rotatable bonds is 8. The van der Waals surface area contributed by atoms with Crippen molar-refractivity contribution in [2.75, 3.05) is 6.54 Å². The minimum Gasteiger partial charge on any atom is -0.491 e. The molecule has 5 heteroatoms. The van der Waals surface area contributed by atoms with E-state index in [1.54, 1.807) is 4.90 Å². The zero-order valence-electron chi connectivity index (χ0n) is 16.6. The highest BCUT2D eigenvalue weighted by molar-refractivity contribution is 5.89. The van der Waals surface area contributed by atoms with Crippen molar-refractivity contribution in [3.8, 4) is 5.75 Å². The molecule has 1 fully saturated rings. The Morgan fingerprint density at radius 1 is 1.19 bits per heavy atom. The molecule has 5 nitrogen and oxygen atoms in total. The second kappa shape index (κ2) is 9.06. The number of benzene rings is 1.